The summed E-state index contributed by atoms with van der Waals surface area (Å²) in [5.41, 5.74) is 3.94. The van der Waals surface area contributed by atoms with Crippen molar-refractivity contribution >= 4 is 22.2 Å². The quantitative estimate of drug-likeness (QED) is 0.577. The van der Waals surface area contributed by atoms with Gasteiger partial charge in [0.05, 0.1) is 0 Å². The molecule has 0 spiro atoms. The van der Waals surface area contributed by atoms with Crippen LogP contribution in [0.4, 0.5) is 0 Å². The molecule has 3 rings (SSSR count). The second kappa shape index (κ2) is 3.24. The van der Waals surface area contributed by atoms with Gasteiger partial charge in [-0.05, 0) is 28.5 Å². The molecule has 0 unspecified atom stereocenters. The minimum Gasteiger partial charge on any atom is -0.350 e. The minimum absolute atomic E-state index is 1.29. The molecule has 0 N–H and O–H groups in total. The van der Waals surface area contributed by atoms with E-state index in [0.717, 1.165) is 0 Å². The third-order valence-electron chi connectivity index (χ3n) is 2.73. The summed E-state index contributed by atoms with van der Waals surface area (Å²) in [6.45, 7) is 0. The van der Waals surface area contributed by atoms with Gasteiger partial charge in [0.25, 0.3) is 0 Å². The number of aromatic nitrogens is 1. The monoisotopic (exact) mass is 213 g/mol. The lowest BCUT2D eigenvalue weighted by Crippen LogP contribution is -1.81. The summed E-state index contributed by atoms with van der Waals surface area (Å²) in [7, 11) is 2.10. The van der Waals surface area contributed by atoms with Crippen LogP contribution in [0.25, 0.3) is 22.0 Å². The Morgan fingerprint density at radius 1 is 1.13 bits per heavy atom. The van der Waals surface area contributed by atoms with Crippen LogP contribution in [0, 0.1) is 0 Å². The highest BCUT2D eigenvalue weighted by Gasteiger charge is 2.07. The molecule has 0 aliphatic rings. The third kappa shape index (κ3) is 1.29. The van der Waals surface area contributed by atoms with Crippen LogP contribution in [0.5, 0.6) is 0 Å². The van der Waals surface area contributed by atoms with Crippen LogP contribution in [0.3, 0.4) is 0 Å². The largest absolute Gasteiger partial charge is 0.350 e. The molecule has 0 radical (unpaired) electrons. The number of hydrogen-bond acceptors (Lipinski definition) is 1. The molecule has 74 valence electrons. The molecule has 15 heavy (non-hydrogen) atoms. The molecule has 2 heterocycles. The Morgan fingerprint density at radius 3 is 2.80 bits per heavy atom. The van der Waals surface area contributed by atoms with Crippen molar-refractivity contribution in [1.29, 1.82) is 0 Å². The van der Waals surface area contributed by atoms with Crippen molar-refractivity contribution in [2.45, 2.75) is 0 Å². The van der Waals surface area contributed by atoms with Crippen LogP contribution < -0.4 is 0 Å². The van der Waals surface area contributed by atoms with E-state index in [1.165, 1.54) is 22.0 Å². The van der Waals surface area contributed by atoms with E-state index in [-0.39, 0.29) is 0 Å². The number of nitrogens with zero attached hydrogens (tertiary/aromatic N) is 1. The molecular formula is C13H11NS. The van der Waals surface area contributed by atoms with Gasteiger partial charge >= 0.3 is 0 Å². The molecule has 0 aliphatic carbocycles. The molecule has 2 aromatic heterocycles. The van der Waals surface area contributed by atoms with Crippen molar-refractivity contribution in [3.63, 3.8) is 0 Å². The lowest BCUT2D eigenvalue weighted by molar-refractivity contribution is 0.970. The first-order chi connectivity index (χ1) is 7.36. The average molecular weight is 213 g/mol. The standard InChI is InChI=1S/C13H11NS/c1-14-8-12(10-6-7-15-9-10)11-4-2-3-5-13(11)14/h2-9H,1H3. The first kappa shape index (κ1) is 8.74. The third-order valence-corrected chi connectivity index (χ3v) is 3.41. The number of hydrogen-bond donors (Lipinski definition) is 0. The highest BCUT2D eigenvalue weighted by molar-refractivity contribution is 7.08. The highest BCUT2D eigenvalue weighted by Crippen LogP contribution is 2.31. The van der Waals surface area contributed by atoms with Crippen molar-refractivity contribution in [2.24, 2.45) is 7.05 Å². The molecular weight excluding hydrogens is 202 g/mol. The zero-order valence-corrected chi connectivity index (χ0v) is 9.29. The van der Waals surface area contributed by atoms with Crippen molar-refractivity contribution in [1.82, 2.24) is 4.57 Å². The van der Waals surface area contributed by atoms with Gasteiger partial charge < -0.3 is 4.57 Å². The normalized spacial score (nSPS) is 11.0. The molecule has 0 saturated carbocycles. The fraction of sp³-hybridized carbons (Fsp3) is 0.0769. The van der Waals surface area contributed by atoms with E-state index in [1.807, 2.05) is 0 Å². The van der Waals surface area contributed by atoms with Crippen LogP contribution in [-0.4, -0.2) is 4.57 Å². The maximum atomic E-state index is 2.20. The minimum atomic E-state index is 1.29. The van der Waals surface area contributed by atoms with E-state index >= 15 is 0 Å². The Morgan fingerprint density at radius 2 is 2.00 bits per heavy atom. The molecule has 0 saturated heterocycles. The maximum Gasteiger partial charge on any atom is 0.0484 e. The van der Waals surface area contributed by atoms with E-state index in [9.17, 15) is 0 Å². The molecule has 0 bridgehead atoms. The van der Waals surface area contributed by atoms with E-state index in [1.54, 1.807) is 11.3 Å². The predicted octanol–water partition coefficient (Wildman–Crippen LogP) is 3.91. The van der Waals surface area contributed by atoms with Gasteiger partial charge in [0.15, 0.2) is 0 Å². The molecule has 2 heteroatoms. The average Bonchev–Trinajstić information content (AvgIpc) is 2.87. The van der Waals surface area contributed by atoms with E-state index in [2.05, 4.69) is 58.9 Å². The van der Waals surface area contributed by atoms with Gasteiger partial charge in [-0.2, -0.15) is 11.3 Å². The molecule has 1 nitrogen and oxygen atoms in total. The molecule has 0 aliphatic heterocycles. The summed E-state index contributed by atoms with van der Waals surface area (Å²) < 4.78 is 2.18. The molecule has 1 aromatic carbocycles. The SMILES string of the molecule is Cn1cc(-c2ccsc2)c2ccccc21. The van der Waals surface area contributed by atoms with E-state index in [0.29, 0.717) is 0 Å². The van der Waals surface area contributed by atoms with Gasteiger partial charge in [0.1, 0.15) is 0 Å². The van der Waals surface area contributed by atoms with Crippen LogP contribution in [-0.2, 0) is 7.05 Å². The van der Waals surface area contributed by atoms with E-state index < -0.39 is 0 Å². The van der Waals surface area contributed by atoms with Crippen molar-refractivity contribution in [2.75, 3.05) is 0 Å². The number of rotatable bonds is 1. The number of benzene rings is 1. The zero-order chi connectivity index (χ0) is 10.3. The number of thiophene rings is 1. The Bertz CT molecular complexity index is 590. The summed E-state index contributed by atoms with van der Waals surface area (Å²) in [4.78, 5) is 0. The second-order valence-corrected chi connectivity index (χ2v) is 4.46. The number of aryl methyl sites for hydroxylation is 1. The Kier molecular flexibility index (Phi) is 1.89. The fourth-order valence-electron chi connectivity index (χ4n) is 1.99. The van der Waals surface area contributed by atoms with Gasteiger partial charge in [-0.3, -0.25) is 0 Å². The fourth-order valence-corrected chi connectivity index (χ4v) is 2.65. The first-order valence-corrected chi connectivity index (χ1v) is 5.87. The van der Waals surface area contributed by atoms with Gasteiger partial charge in [-0.1, -0.05) is 18.2 Å². The number of para-hydroxylation sites is 1. The summed E-state index contributed by atoms with van der Waals surface area (Å²) in [5.74, 6) is 0. The van der Waals surface area contributed by atoms with Crippen LogP contribution in [0.1, 0.15) is 0 Å². The Labute approximate surface area is 92.6 Å². The molecule has 0 atom stereocenters. The predicted molar refractivity (Wildman–Crippen MR) is 66.2 cm³/mol. The topological polar surface area (TPSA) is 4.93 Å². The highest BCUT2D eigenvalue weighted by atomic mass is 32.1. The van der Waals surface area contributed by atoms with Crippen molar-refractivity contribution in [3.05, 3.63) is 47.3 Å². The summed E-state index contributed by atoms with van der Waals surface area (Å²) in [5, 5.41) is 5.65. The van der Waals surface area contributed by atoms with Crippen LogP contribution >= 0.6 is 11.3 Å². The van der Waals surface area contributed by atoms with Gasteiger partial charge in [-0.15, -0.1) is 0 Å². The lowest BCUT2D eigenvalue weighted by Gasteiger charge is -1.94. The van der Waals surface area contributed by atoms with E-state index in [4.69, 9.17) is 0 Å². The Balaban J connectivity index is 2.37. The second-order valence-electron chi connectivity index (χ2n) is 3.68. The number of fused-ring (bicyclic) bond motifs is 1. The molecule has 0 amide bonds. The zero-order valence-electron chi connectivity index (χ0n) is 8.47. The molecule has 0 fully saturated rings. The van der Waals surface area contributed by atoms with Crippen molar-refractivity contribution < 1.29 is 0 Å². The lowest BCUT2D eigenvalue weighted by atomic mass is 10.1. The van der Waals surface area contributed by atoms with Gasteiger partial charge in [-0.25, -0.2) is 0 Å². The first-order valence-electron chi connectivity index (χ1n) is 4.93. The van der Waals surface area contributed by atoms with Crippen LogP contribution in [0.15, 0.2) is 47.3 Å². The Hall–Kier alpha value is -1.54. The smallest absolute Gasteiger partial charge is 0.0484 e. The van der Waals surface area contributed by atoms with Gasteiger partial charge in [0, 0.05) is 29.7 Å². The summed E-state index contributed by atoms with van der Waals surface area (Å²) in [6, 6.07) is 10.7. The summed E-state index contributed by atoms with van der Waals surface area (Å²) >= 11 is 1.74. The molecule has 3 aromatic rings. The van der Waals surface area contributed by atoms with Gasteiger partial charge in [0.2, 0.25) is 0 Å². The van der Waals surface area contributed by atoms with Crippen LogP contribution in [0.2, 0.25) is 0 Å². The maximum absolute atomic E-state index is 2.20. The summed E-state index contributed by atoms with van der Waals surface area (Å²) in [6.07, 6.45) is 2.20. The van der Waals surface area contributed by atoms with Crippen molar-refractivity contribution in [3.8, 4) is 11.1 Å².